The Hall–Kier alpha value is -3.77. The number of carbonyl (C=O) groups excluding carboxylic acids is 3. The Balaban J connectivity index is 1.27. The van der Waals surface area contributed by atoms with Gasteiger partial charge < -0.3 is 24.7 Å². The maximum atomic E-state index is 13.4. The van der Waals surface area contributed by atoms with Crippen LogP contribution >= 0.6 is 0 Å². The maximum Gasteiger partial charge on any atom is 0.317 e. The minimum absolute atomic E-state index is 0.0897. The molecule has 0 saturated carbocycles. The number of Topliss-reactive ketones (excluding diaryl/α,β-unsaturated/α-hetero) is 1. The molecular weight excluding hydrogens is 548 g/mol. The number of para-hydroxylation sites is 2. The first-order valence-electron chi connectivity index (χ1n) is 13.8. The SMILES string of the molecule is Cc1ccccc1C(C(=O)NCCCCCC(=O)c1nc2ccccc2o1)S(=O)(=O)CCNC(=O)N1CCOCC1. The lowest BCUT2D eigenvalue weighted by atomic mass is 10.1. The summed E-state index contributed by atoms with van der Waals surface area (Å²) in [5, 5.41) is 4.01. The Morgan fingerprint density at radius 3 is 2.44 bits per heavy atom. The first-order chi connectivity index (χ1) is 19.8. The number of amides is 3. The van der Waals surface area contributed by atoms with Gasteiger partial charge in [-0.2, -0.15) is 0 Å². The summed E-state index contributed by atoms with van der Waals surface area (Å²) < 4.78 is 37.5. The molecule has 4 rings (SSSR count). The van der Waals surface area contributed by atoms with Crippen LogP contribution in [0.2, 0.25) is 0 Å². The number of oxazole rings is 1. The number of benzene rings is 2. The quantitative estimate of drug-likeness (QED) is 0.230. The molecule has 1 aliphatic rings. The molecular formula is C29H36N4O7S. The zero-order valence-electron chi connectivity index (χ0n) is 23.1. The third-order valence-corrected chi connectivity index (χ3v) is 8.90. The van der Waals surface area contributed by atoms with Crippen molar-refractivity contribution in [3.63, 3.8) is 0 Å². The lowest BCUT2D eigenvalue weighted by Gasteiger charge is -2.27. The molecule has 1 aromatic heterocycles. The van der Waals surface area contributed by atoms with Gasteiger partial charge in [0.1, 0.15) is 5.52 Å². The number of unbranched alkanes of at least 4 members (excludes halogenated alkanes) is 2. The summed E-state index contributed by atoms with van der Waals surface area (Å²) in [4.78, 5) is 43.8. The number of rotatable bonds is 13. The van der Waals surface area contributed by atoms with Gasteiger partial charge >= 0.3 is 6.03 Å². The highest BCUT2D eigenvalue weighted by Crippen LogP contribution is 2.26. The van der Waals surface area contributed by atoms with Gasteiger partial charge in [0.2, 0.25) is 11.7 Å². The fourth-order valence-electron chi connectivity index (χ4n) is 4.67. The number of aryl methyl sites for hydroxylation is 1. The molecule has 1 atom stereocenters. The summed E-state index contributed by atoms with van der Waals surface area (Å²) in [6.07, 6.45) is 2.07. The molecule has 0 radical (unpaired) electrons. The van der Waals surface area contributed by atoms with Crippen molar-refractivity contribution in [3.8, 4) is 0 Å². The molecule has 41 heavy (non-hydrogen) atoms. The largest absolute Gasteiger partial charge is 0.434 e. The third-order valence-electron chi connectivity index (χ3n) is 6.94. The second kappa shape index (κ2) is 14.2. The highest BCUT2D eigenvalue weighted by atomic mass is 32.2. The number of morpholine rings is 1. The number of nitrogens with zero attached hydrogens (tertiary/aromatic N) is 2. The van der Waals surface area contributed by atoms with Gasteiger partial charge in [0.05, 0.1) is 19.0 Å². The van der Waals surface area contributed by atoms with Crippen molar-refractivity contribution in [2.24, 2.45) is 0 Å². The predicted octanol–water partition coefficient (Wildman–Crippen LogP) is 3.19. The topological polar surface area (TPSA) is 148 Å². The maximum absolute atomic E-state index is 13.4. The number of fused-ring (bicyclic) bond motifs is 1. The monoisotopic (exact) mass is 584 g/mol. The van der Waals surface area contributed by atoms with Gasteiger partial charge in [-0.25, -0.2) is 18.2 Å². The van der Waals surface area contributed by atoms with Crippen LogP contribution in [0.4, 0.5) is 4.79 Å². The van der Waals surface area contributed by atoms with Crippen LogP contribution in [-0.2, 0) is 19.4 Å². The van der Waals surface area contributed by atoms with E-state index in [-0.39, 0.29) is 43.0 Å². The third kappa shape index (κ3) is 8.14. The number of urea groups is 1. The van der Waals surface area contributed by atoms with Crippen molar-refractivity contribution >= 4 is 38.7 Å². The van der Waals surface area contributed by atoms with Crippen LogP contribution in [0.1, 0.15) is 52.7 Å². The van der Waals surface area contributed by atoms with E-state index in [9.17, 15) is 22.8 Å². The molecule has 3 amide bonds. The number of carbonyl (C=O) groups is 3. The first kappa shape index (κ1) is 30.2. The summed E-state index contributed by atoms with van der Waals surface area (Å²) in [6, 6.07) is 13.7. The Morgan fingerprint density at radius 1 is 0.951 bits per heavy atom. The van der Waals surface area contributed by atoms with Crippen LogP contribution in [0.5, 0.6) is 0 Å². The van der Waals surface area contributed by atoms with E-state index in [1.807, 2.05) is 12.1 Å². The van der Waals surface area contributed by atoms with Crippen LogP contribution in [0.15, 0.2) is 52.9 Å². The van der Waals surface area contributed by atoms with Crippen molar-refractivity contribution in [1.29, 1.82) is 0 Å². The summed E-state index contributed by atoms with van der Waals surface area (Å²) in [7, 11) is -3.96. The molecule has 0 aliphatic carbocycles. The van der Waals surface area contributed by atoms with E-state index in [2.05, 4.69) is 15.6 Å². The molecule has 220 valence electrons. The van der Waals surface area contributed by atoms with Crippen LogP contribution < -0.4 is 10.6 Å². The summed E-state index contributed by atoms with van der Waals surface area (Å²) in [5.74, 6) is -1.09. The molecule has 1 aliphatic heterocycles. The van der Waals surface area contributed by atoms with Crippen molar-refractivity contribution in [2.45, 2.75) is 37.9 Å². The summed E-state index contributed by atoms with van der Waals surface area (Å²) in [6.45, 7) is 3.69. The Kier molecular flexibility index (Phi) is 10.5. The molecule has 0 bridgehead atoms. The summed E-state index contributed by atoms with van der Waals surface area (Å²) >= 11 is 0. The number of ether oxygens (including phenoxy) is 1. The molecule has 1 fully saturated rings. The highest BCUT2D eigenvalue weighted by Gasteiger charge is 2.35. The molecule has 11 nitrogen and oxygen atoms in total. The second-order valence-electron chi connectivity index (χ2n) is 9.95. The minimum Gasteiger partial charge on any atom is -0.434 e. The standard InChI is InChI=1S/C29H36N4O7S/c1-21-9-4-5-10-22(21)26(41(37,38)20-15-31-29(36)33-16-18-39-19-17-33)27(35)30-14-8-2-3-12-24(34)28-32-23-11-6-7-13-25(23)40-28/h4-7,9-11,13,26H,2-3,8,12,14-20H2,1H3,(H,30,35)(H,31,36). The van der Waals surface area contributed by atoms with Crippen molar-refractivity contribution in [2.75, 3.05) is 45.1 Å². The predicted molar refractivity (Wildman–Crippen MR) is 153 cm³/mol. The molecule has 1 unspecified atom stereocenters. The van der Waals surface area contributed by atoms with Crippen molar-refractivity contribution < 1.29 is 32.0 Å². The number of hydrogen-bond donors (Lipinski definition) is 2. The summed E-state index contributed by atoms with van der Waals surface area (Å²) in [5.41, 5.74) is 2.30. The number of sulfone groups is 1. The average molecular weight is 585 g/mol. The van der Waals surface area contributed by atoms with Crippen LogP contribution in [0.3, 0.4) is 0 Å². The number of hydrogen-bond acceptors (Lipinski definition) is 8. The van der Waals surface area contributed by atoms with Crippen molar-refractivity contribution in [3.05, 3.63) is 65.5 Å². The molecule has 1 saturated heterocycles. The second-order valence-corrected chi connectivity index (χ2v) is 12.2. The van der Waals surface area contributed by atoms with Gasteiger partial charge in [0.15, 0.2) is 20.7 Å². The molecule has 12 heteroatoms. The zero-order valence-corrected chi connectivity index (χ0v) is 24.0. The number of aromatic nitrogens is 1. The van der Waals surface area contributed by atoms with Gasteiger partial charge in [-0.3, -0.25) is 9.59 Å². The van der Waals surface area contributed by atoms with Gasteiger partial charge in [-0.05, 0) is 43.0 Å². The van der Waals surface area contributed by atoms with Gasteiger partial charge in [-0.1, -0.05) is 42.8 Å². The van der Waals surface area contributed by atoms with E-state index in [4.69, 9.17) is 9.15 Å². The van der Waals surface area contributed by atoms with E-state index in [1.165, 1.54) is 0 Å². The Bertz CT molecular complexity index is 1430. The van der Waals surface area contributed by atoms with Crippen molar-refractivity contribution in [1.82, 2.24) is 20.5 Å². The van der Waals surface area contributed by atoms with Gasteiger partial charge in [0, 0.05) is 32.6 Å². The number of nitrogens with one attached hydrogen (secondary N) is 2. The highest BCUT2D eigenvalue weighted by molar-refractivity contribution is 7.92. The fraction of sp³-hybridized carbons (Fsp3) is 0.448. The Morgan fingerprint density at radius 2 is 1.68 bits per heavy atom. The molecule has 2 N–H and O–H groups in total. The zero-order chi connectivity index (χ0) is 29.2. The van der Waals surface area contributed by atoms with E-state index < -0.39 is 21.0 Å². The lowest BCUT2D eigenvalue weighted by molar-refractivity contribution is -0.120. The van der Waals surface area contributed by atoms with E-state index >= 15 is 0 Å². The number of ketones is 1. The minimum atomic E-state index is -3.96. The molecule has 2 aromatic carbocycles. The molecule has 2 heterocycles. The first-order valence-corrected chi connectivity index (χ1v) is 15.5. The van der Waals surface area contributed by atoms with Gasteiger partial charge in [0.25, 0.3) is 5.89 Å². The van der Waals surface area contributed by atoms with Crippen LogP contribution in [-0.4, -0.2) is 81.2 Å². The fourth-order valence-corrected chi connectivity index (χ4v) is 6.35. The average Bonchev–Trinajstić information content (AvgIpc) is 3.41. The smallest absolute Gasteiger partial charge is 0.317 e. The normalized spacial score (nSPS) is 14.5. The van der Waals surface area contributed by atoms with E-state index in [0.29, 0.717) is 67.8 Å². The van der Waals surface area contributed by atoms with Gasteiger partial charge in [-0.15, -0.1) is 0 Å². The Labute approximate surface area is 239 Å². The van der Waals surface area contributed by atoms with E-state index in [0.717, 1.165) is 0 Å². The molecule has 0 spiro atoms. The van der Waals surface area contributed by atoms with Crippen LogP contribution in [0, 0.1) is 6.92 Å². The lowest BCUT2D eigenvalue weighted by Crippen LogP contribution is -2.47. The van der Waals surface area contributed by atoms with E-state index in [1.54, 1.807) is 48.2 Å². The molecule has 3 aromatic rings. The van der Waals surface area contributed by atoms with Crippen LogP contribution in [0.25, 0.3) is 11.1 Å².